The van der Waals surface area contributed by atoms with Crippen LogP contribution in [0.2, 0.25) is 31.0 Å². The van der Waals surface area contributed by atoms with Gasteiger partial charge in [-0.1, -0.05) is 19.6 Å². The van der Waals surface area contributed by atoms with Crippen molar-refractivity contribution < 1.29 is 22.6 Å². The highest BCUT2D eigenvalue weighted by molar-refractivity contribution is 6.76. The van der Waals surface area contributed by atoms with E-state index in [2.05, 4.69) is 44.8 Å². The molecule has 0 unspecified atom stereocenters. The second-order valence-corrected chi connectivity index (χ2v) is 13.7. The van der Waals surface area contributed by atoms with E-state index < -0.39 is 14.4 Å². The lowest BCUT2D eigenvalue weighted by molar-refractivity contribution is -0.274. The molecule has 0 radical (unpaired) electrons. The Bertz CT molecular complexity index is 1020. The van der Waals surface area contributed by atoms with Gasteiger partial charge in [0.25, 0.3) is 0 Å². The normalized spacial score (nSPS) is 12.4. The second kappa shape index (κ2) is 8.78. The molecule has 162 valence electrons. The maximum absolute atomic E-state index is 12.5. The van der Waals surface area contributed by atoms with Crippen molar-refractivity contribution in [2.45, 2.75) is 38.8 Å². The third kappa shape index (κ3) is 6.57. The van der Waals surface area contributed by atoms with E-state index in [1.54, 1.807) is 16.9 Å². The number of nitrogens with zero attached hydrogens (tertiary/aromatic N) is 4. The third-order valence-electron chi connectivity index (χ3n) is 3.98. The molecule has 7 nitrogen and oxygen atoms in total. The predicted molar refractivity (Wildman–Crippen MR) is 111 cm³/mol. The SMILES string of the molecule is C[Si](C)(C)CCOCn1ccc(Nc2nc(Cl)nc3ccc(OC(F)(F)F)cc23)n1. The van der Waals surface area contributed by atoms with Crippen LogP contribution in [0.25, 0.3) is 10.9 Å². The molecule has 0 aliphatic heterocycles. The van der Waals surface area contributed by atoms with Crippen LogP contribution in [0.5, 0.6) is 5.75 Å². The van der Waals surface area contributed by atoms with Crippen LogP contribution in [0.3, 0.4) is 0 Å². The summed E-state index contributed by atoms with van der Waals surface area (Å²) in [6.45, 7) is 7.77. The second-order valence-electron chi connectivity index (χ2n) is 7.78. The van der Waals surface area contributed by atoms with E-state index in [0.29, 0.717) is 30.1 Å². The van der Waals surface area contributed by atoms with Crippen LogP contribution in [0.4, 0.5) is 24.8 Å². The monoisotopic (exact) mass is 459 g/mol. The van der Waals surface area contributed by atoms with Crippen molar-refractivity contribution in [3.63, 3.8) is 0 Å². The first-order chi connectivity index (χ1) is 14.0. The van der Waals surface area contributed by atoms with Crippen LogP contribution in [-0.2, 0) is 11.5 Å². The Labute approximate surface area is 177 Å². The third-order valence-corrected chi connectivity index (χ3v) is 5.85. The first-order valence-corrected chi connectivity index (χ1v) is 13.2. The zero-order valence-electron chi connectivity index (χ0n) is 16.6. The first kappa shape index (κ1) is 22.3. The van der Waals surface area contributed by atoms with Gasteiger partial charge in [-0.2, -0.15) is 10.1 Å². The van der Waals surface area contributed by atoms with E-state index >= 15 is 0 Å². The standard InChI is InChI=1S/C18H21ClF3N5O2Si/c1-30(2,3)9-8-28-11-27-7-6-15(26-27)24-16-13-10-12(29-18(20,21)22)4-5-14(13)23-17(19)25-16/h4-7,10H,8-9,11H2,1-3H3,(H,23,24,25,26). The summed E-state index contributed by atoms with van der Waals surface area (Å²) in [4.78, 5) is 8.10. The minimum absolute atomic E-state index is 0.0522. The average molecular weight is 460 g/mol. The summed E-state index contributed by atoms with van der Waals surface area (Å²) in [6.07, 6.45) is -3.08. The average Bonchev–Trinajstić information content (AvgIpc) is 3.04. The number of hydrogen-bond acceptors (Lipinski definition) is 6. The fourth-order valence-corrected chi connectivity index (χ4v) is 3.46. The Morgan fingerprint density at radius 1 is 1.17 bits per heavy atom. The smallest absolute Gasteiger partial charge is 0.406 e. The molecule has 1 aromatic carbocycles. The Morgan fingerprint density at radius 3 is 2.63 bits per heavy atom. The van der Waals surface area contributed by atoms with E-state index in [4.69, 9.17) is 16.3 Å². The lowest BCUT2D eigenvalue weighted by Gasteiger charge is -2.15. The molecule has 0 bridgehead atoms. The van der Waals surface area contributed by atoms with Crippen molar-refractivity contribution in [2.24, 2.45) is 0 Å². The van der Waals surface area contributed by atoms with Crippen molar-refractivity contribution in [2.75, 3.05) is 11.9 Å². The molecule has 0 aliphatic rings. The zero-order chi connectivity index (χ0) is 21.9. The number of halogens is 4. The van der Waals surface area contributed by atoms with Gasteiger partial charge in [-0.3, -0.25) is 0 Å². The fourth-order valence-electron chi connectivity index (χ4n) is 2.53. The van der Waals surface area contributed by atoms with E-state index in [-0.39, 0.29) is 16.9 Å². The quantitative estimate of drug-likeness (QED) is 0.275. The molecule has 3 aromatic rings. The number of ether oxygens (including phenoxy) is 2. The number of alkyl halides is 3. The van der Waals surface area contributed by atoms with Crippen LogP contribution in [0.15, 0.2) is 30.5 Å². The van der Waals surface area contributed by atoms with Gasteiger partial charge in [-0.15, -0.1) is 13.2 Å². The summed E-state index contributed by atoms with van der Waals surface area (Å²) in [6, 6.07) is 6.47. The lowest BCUT2D eigenvalue weighted by Crippen LogP contribution is -2.22. The van der Waals surface area contributed by atoms with Gasteiger partial charge in [0, 0.05) is 32.3 Å². The van der Waals surface area contributed by atoms with Crippen LogP contribution < -0.4 is 10.1 Å². The van der Waals surface area contributed by atoms with Gasteiger partial charge in [0.2, 0.25) is 5.28 Å². The Balaban J connectivity index is 1.75. The van der Waals surface area contributed by atoms with Crippen molar-refractivity contribution in [3.8, 4) is 5.75 Å². The molecule has 0 aliphatic carbocycles. The summed E-state index contributed by atoms with van der Waals surface area (Å²) < 4.78 is 48.8. The Kier molecular flexibility index (Phi) is 6.53. The molecule has 0 saturated carbocycles. The Morgan fingerprint density at radius 2 is 1.93 bits per heavy atom. The van der Waals surface area contributed by atoms with Crippen molar-refractivity contribution >= 4 is 42.2 Å². The van der Waals surface area contributed by atoms with Gasteiger partial charge >= 0.3 is 6.36 Å². The molecule has 0 spiro atoms. The summed E-state index contributed by atoms with van der Waals surface area (Å²) in [5.74, 6) is 0.259. The fraction of sp³-hybridized carbons (Fsp3) is 0.389. The molecule has 1 N–H and O–H groups in total. The zero-order valence-corrected chi connectivity index (χ0v) is 18.4. The largest absolute Gasteiger partial charge is 0.573 e. The number of hydrogen-bond donors (Lipinski definition) is 1. The van der Waals surface area contributed by atoms with Gasteiger partial charge < -0.3 is 14.8 Å². The molecule has 30 heavy (non-hydrogen) atoms. The Hall–Kier alpha value is -2.37. The van der Waals surface area contributed by atoms with Crippen molar-refractivity contribution in [1.82, 2.24) is 19.7 Å². The van der Waals surface area contributed by atoms with E-state index in [9.17, 15) is 13.2 Å². The molecule has 0 fully saturated rings. The van der Waals surface area contributed by atoms with Crippen LogP contribution in [-0.4, -0.2) is 40.8 Å². The van der Waals surface area contributed by atoms with E-state index in [1.165, 1.54) is 12.1 Å². The number of benzene rings is 1. The topological polar surface area (TPSA) is 74.1 Å². The summed E-state index contributed by atoms with van der Waals surface area (Å²) in [7, 11) is -1.17. The maximum Gasteiger partial charge on any atom is 0.573 e. The van der Waals surface area contributed by atoms with Crippen LogP contribution in [0, 0.1) is 0 Å². The number of anilines is 2. The molecule has 2 aromatic heterocycles. The van der Waals surface area contributed by atoms with E-state index in [0.717, 1.165) is 12.1 Å². The maximum atomic E-state index is 12.5. The number of fused-ring (bicyclic) bond motifs is 1. The molecule has 0 saturated heterocycles. The van der Waals surface area contributed by atoms with Crippen molar-refractivity contribution in [3.05, 3.63) is 35.7 Å². The molecular weight excluding hydrogens is 439 g/mol. The summed E-state index contributed by atoms with van der Waals surface area (Å²) in [5.41, 5.74) is 0.362. The van der Waals surface area contributed by atoms with Gasteiger partial charge in [0.05, 0.1) is 5.52 Å². The molecule has 2 heterocycles. The minimum Gasteiger partial charge on any atom is -0.406 e. The molecule has 0 atom stereocenters. The lowest BCUT2D eigenvalue weighted by atomic mass is 10.2. The van der Waals surface area contributed by atoms with Crippen LogP contribution in [0.1, 0.15) is 0 Å². The van der Waals surface area contributed by atoms with Gasteiger partial charge in [-0.05, 0) is 35.8 Å². The predicted octanol–water partition coefficient (Wildman–Crippen LogP) is 5.43. The number of rotatable bonds is 8. The summed E-state index contributed by atoms with van der Waals surface area (Å²) in [5, 5.41) is 7.55. The first-order valence-electron chi connectivity index (χ1n) is 9.10. The molecule has 12 heteroatoms. The number of nitrogens with one attached hydrogen (secondary N) is 1. The molecular formula is C18H21ClF3N5O2Si. The summed E-state index contributed by atoms with van der Waals surface area (Å²) >= 11 is 5.95. The van der Waals surface area contributed by atoms with Gasteiger partial charge in [0.15, 0.2) is 5.82 Å². The highest BCUT2D eigenvalue weighted by atomic mass is 35.5. The van der Waals surface area contributed by atoms with Crippen LogP contribution >= 0.6 is 11.6 Å². The highest BCUT2D eigenvalue weighted by Gasteiger charge is 2.31. The van der Waals surface area contributed by atoms with E-state index in [1.807, 2.05) is 0 Å². The molecule has 3 rings (SSSR count). The van der Waals surface area contributed by atoms with Crippen molar-refractivity contribution in [1.29, 1.82) is 0 Å². The minimum atomic E-state index is -4.80. The van der Waals surface area contributed by atoms with Gasteiger partial charge in [-0.25, -0.2) is 9.67 Å². The molecule has 0 amide bonds. The highest BCUT2D eigenvalue weighted by Crippen LogP contribution is 2.30. The number of aromatic nitrogens is 4. The van der Waals surface area contributed by atoms with Gasteiger partial charge in [0.1, 0.15) is 18.3 Å².